The lowest BCUT2D eigenvalue weighted by molar-refractivity contribution is -0.153. The molecule has 5 heteroatoms. The first kappa shape index (κ1) is 14.3. The number of ether oxygens (including phenoxy) is 1. The van der Waals surface area contributed by atoms with Gasteiger partial charge in [0.05, 0.1) is 6.10 Å². The van der Waals surface area contributed by atoms with E-state index in [0.717, 1.165) is 32.3 Å². The summed E-state index contributed by atoms with van der Waals surface area (Å²) in [6.45, 7) is 3.29. The first-order chi connectivity index (χ1) is 9.11. The van der Waals surface area contributed by atoms with Crippen LogP contribution in [0.3, 0.4) is 0 Å². The molecule has 1 heterocycles. The van der Waals surface area contributed by atoms with Crippen LogP contribution in [0.2, 0.25) is 0 Å². The molecule has 1 aliphatic heterocycles. The van der Waals surface area contributed by atoms with E-state index in [-0.39, 0.29) is 5.91 Å². The Morgan fingerprint density at radius 2 is 2.05 bits per heavy atom. The van der Waals surface area contributed by atoms with Crippen LogP contribution in [0.25, 0.3) is 0 Å². The van der Waals surface area contributed by atoms with Gasteiger partial charge in [0.2, 0.25) is 5.91 Å². The second-order valence-corrected chi connectivity index (χ2v) is 5.56. The maximum atomic E-state index is 12.2. The summed E-state index contributed by atoms with van der Waals surface area (Å²) in [5.41, 5.74) is 0. The zero-order valence-electron chi connectivity index (χ0n) is 11.5. The average molecular weight is 269 g/mol. The number of rotatable bonds is 5. The van der Waals surface area contributed by atoms with Crippen LogP contribution >= 0.6 is 0 Å². The third kappa shape index (κ3) is 3.47. The molecule has 0 radical (unpaired) electrons. The number of aliphatic carboxylic acids is 1. The second-order valence-electron chi connectivity index (χ2n) is 5.56. The van der Waals surface area contributed by atoms with E-state index in [2.05, 4.69) is 0 Å². The first-order valence-corrected chi connectivity index (χ1v) is 7.25. The fourth-order valence-electron chi connectivity index (χ4n) is 3.06. The van der Waals surface area contributed by atoms with Crippen LogP contribution in [0.15, 0.2) is 0 Å². The molecule has 0 unspecified atom stereocenters. The van der Waals surface area contributed by atoms with E-state index in [4.69, 9.17) is 9.84 Å². The van der Waals surface area contributed by atoms with E-state index in [0.29, 0.717) is 31.4 Å². The molecule has 108 valence electrons. The van der Waals surface area contributed by atoms with Crippen molar-refractivity contribution >= 4 is 11.9 Å². The van der Waals surface area contributed by atoms with Crippen molar-refractivity contribution in [1.82, 2.24) is 4.90 Å². The van der Waals surface area contributed by atoms with Crippen LogP contribution in [0.5, 0.6) is 0 Å². The predicted octanol–water partition coefficient (Wildman–Crippen LogP) is 1.66. The van der Waals surface area contributed by atoms with Crippen molar-refractivity contribution in [2.24, 2.45) is 5.92 Å². The van der Waals surface area contributed by atoms with Crippen LogP contribution < -0.4 is 0 Å². The Kier molecular flexibility index (Phi) is 4.80. The number of carbonyl (C=O) groups excluding carboxylic acids is 1. The Labute approximate surface area is 113 Å². The van der Waals surface area contributed by atoms with E-state index in [9.17, 15) is 9.59 Å². The van der Waals surface area contributed by atoms with Gasteiger partial charge in [-0.1, -0.05) is 0 Å². The number of carboxylic acids is 1. The van der Waals surface area contributed by atoms with Crippen molar-refractivity contribution < 1.29 is 19.4 Å². The van der Waals surface area contributed by atoms with Crippen LogP contribution in [0, 0.1) is 5.92 Å². The molecule has 5 nitrogen and oxygen atoms in total. The van der Waals surface area contributed by atoms with Gasteiger partial charge in [0, 0.05) is 19.6 Å². The number of piperidine rings is 1. The van der Waals surface area contributed by atoms with Crippen LogP contribution in [-0.4, -0.2) is 47.2 Å². The molecule has 1 N–H and O–H groups in total. The highest BCUT2D eigenvalue weighted by molar-refractivity contribution is 5.84. The molecule has 1 saturated carbocycles. The van der Waals surface area contributed by atoms with Crippen molar-refractivity contribution in [3.05, 3.63) is 0 Å². The molecule has 1 atom stereocenters. The largest absolute Gasteiger partial charge is 0.480 e. The SMILES string of the molecule is CCOC1CC(CC(=O)N2CCCC[C@H]2C(=O)O)C1. The molecule has 19 heavy (non-hydrogen) atoms. The Morgan fingerprint density at radius 1 is 1.32 bits per heavy atom. The van der Waals surface area contributed by atoms with Gasteiger partial charge in [-0.05, 0) is 44.9 Å². The maximum Gasteiger partial charge on any atom is 0.326 e. The second kappa shape index (κ2) is 6.37. The Morgan fingerprint density at radius 3 is 2.68 bits per heavy atom. The molecule has 2 aliphatic rings. The lowest BCUT2D eigenvalue weighted by atomic mass is 9.79. The summed E-state index contributed by atoms with van der Waals surface area (Å²) in [6.07, 6.45) is 5.06. The molecule has 2 fully saturated rings. The Hall–Kier alpha value is -1.10. The number of nitrogens with zero attached hydrogens (tertiary/aromatic N) is 1. The van der Waals surface area contributed by atoms with E-state index < -0.39 is 12.0 Å². The predicted molar refractivity (Wildman–Crippen MR) is 69.7 cm³/mol. The Balaban J connectivity index is 1.80. The minimum Gasteiger partial charge on any atom is -0.480 e. The number of likely N-dealkylation sites (tertiary alicyclic amines) is 1. The van der Waals surface area contributed by atoms with Crippen molar-refractivity contribution in [3.8, 4) is 0 Å². The molecule has 1 aliphatic carbocycles. The topological polar surface area (TPSA) is 66.8 Å². The van der Waals surface area contributed by atoms with E-state index in [1.165, 1.54) is 0 Å². The van der Waals surface area contributed by atoms with Crippen molar-refractivity contribution in [2.75, 3.05) is 13.2 Å². The highest BCUT2D eigenvalue weighted by atomic mass is 16.5. The maximum absolute atomic E-state index is 12.2. The molecule has 0 aromatic heterocycles. The van der Waals surface area contributed by atoms with Gasteiger partial charge in [-0.25, -0.2) is 4.79 Å². The number of carboxylic acid groups (broad SMARTS) is 1. The van der Waals surface area contributed by atoms with Gasteiger partial charge in [0.25, 0.3) is 0 Å². The Bertz CT molecular complexity index is 338. The monoisotopic (exact) mass is 269 g/mol. The first-order valence-electron chi connectivity index (χ1n) is 7.25. The number of amides is 1. The normalized spacial score (nSPS) is 30.8. The van der Waals surface area contributed by atoms with Gasteiger partial charge in [-0.3, -0.25) is 4.79 Å². The molecule has 0 spiro atoms. The minimum atomic E-state index is -0.867. The lowest BCUT2D eigenvalue weighted by Gasteiger charge is -2.38. The summed E-state index contributed by atoms with van der Waals surface area (Å²) in [5, 5.41) is 9.16. The zero-order chi connectivity index (χ0) is 13.8. The quantitative estimate of drug-likeness (QED) is 0.824. The summed E-state index contributed by atoms with van der Waals surface area (Å²) in [4.78, 5) is 24.9. The van der Waals surface area contributed by atoms with E-state index in [1.54, 1.807) is 4.90 Å². The summed E-state index contributed by atoms with van der Waals surface area (Å²) in [6, 6.07) is -0.607. The molecule has 0 aromatic rings. The highest BCUT2D eigenvalue weighted by Gasteiger charge is 2.36. The average Bonchev–Trinajstić information content (AvgIpc) is 2.36. The van der Waals surface area contributed by atoms with Crippen LogP contribution in [-0.2, 0) is 14.3 Å². The molecular formula is C14H23NO4. The van der Waals surface area contributed by atoms with Gasteiger partial charge in [-0.15, -0.1) is 0 Å². The zero-order valence-corrected chi connectivity index (χ0v) is 11.5. The number of hydrogen-bond acceptors (Lipinski definition) is 3. The highest BCUT2D eigenvalue weighted by Crippen LogP contribution is 2.33. The molecule has 2 rings (SSSR count). The van der Waals surface area contributed by atoms with E-state index >= 15 is 0 Å². The standard InChI is InChI=1S/C14H23NO4/c1-2-19-11-7-10(8-11)9-13(16)15-6-4-3-5-12(15)14(17)18/h10-12H,2-9H2,1H3,(H,17,18)/t10?,11?,12-/m0/s1. The van der Waals surface area contributed by atoms with Crippen LogP contribution in [0.1, 0.15) is 45.4 Å². The molecular weight excluding hydrogens is 246 g/mol. The van der Waals surface area contributed by atoms with Crippen molar-refractivity contribution in [1.29, 1.82) is 0 Å². The molecule has 1 saturated heterocycles. The molecule has 0 aromatic carbocycles. The third-order valence-electron chi connectivity index (χ3n) is 4.17. The fourth-order valence-corrected chi connectivity index (χ4v) is 3.06. The number of hydrogen-bond donors (Lipinski definition) is 1. The van der Waals surface area contributed by atoms with E-state index in [1.807, 2.05) is 6.92 Å². The summed E-state index contributed by atoms with van der Waals surface area (Å²) in [7, 11) is 0. The van der Waals surface area contributed by atoms with Gasteiger partial charge >= 0.3 is 5.97 Å². The van der Waals surface area contributed by atoms with Crippen molar-refractivity contribution in [3.63, 3.8) is 0 Å². The van der Waals surface area contributed by atoms with Crippen molar-refractivity contribution in [2.45, 2.75) is 57.6 Å². The molecule has 1 amide bonds. The lowest BCUT2D eigenvalue weighted by Crippen LogP contribution is -2.49. The van der Waals surface area contributed by atoms with Crippen LogP contribution in [0.4, 0.5) is 0 Å². The molecule has 0 bridgehead atoms. The van der Waals surface area contributed by atoms with Gasteiger partial charge in [0.1, 0.15) is 6.04 Å². The van der Waals surface area contributed by atoms with Gasteiger partial charge in [0.15, 0.2) is 0 Å². The smallest absolute Gasteiger partial charge is 0.326 e. The van der Waals surface area contributed by atoms with Gasteiger partial charge in [-0.2, -0.15) is 0 Å². The third-order valence-corrected chi connectivity index (χ3v) is 4.17. The minimum absolute atomic E-state index is 0.00653. The fraction of sp³-hybridized carbons (Fsp3) is 0.857. The number of carbonyl (C=O) groups is 2. The summed E-state index contributed by atoms with van der Waals surface area (Å²) < 4.78 is 5.48. The summed E-state index contributed by atoms with van der Waals surface area (Å²) >= 11 is 0. The summed E-state index contributed by atoms with van der Waals surface area (Å²) in [5.74, 6) is -0.485. The van der Waals surface area contributed by atoms with Gasteiger partial charge < -0.3 is 14.7 Å².